The molecule has 24 heavy (non-hydrogen) atoms. The van der Waals surface area contributed by atoms with Crippen LogP contribution in [0.4, 0.5) is 4.79 Å². The zero-order valence-electron chi connectivity index (χ0n) is 13.7. The van der Waals surface area contributed by atoms with Crippen LogP contribution >= 0.6 is 0 Å². The molecule has 126 valence electrons. The number of nitrogens with zero attached hydrogens (tertiary/aromatic N) is 1. The average Bonchev–Trinajstić information content (AvgIpc) is 2.60. The Kier molecular flexibility index (Phi) is 5.89. The third-order valence-electron chi connectivity index (χ3n) is 3.43. The van der Waals surface area contributed by atoms with E-state index >= 15 is 0 Å². The molecule has 0 aliphatic carbocycles. The molecule has 2 rings (SSSR count). The zero-order valence-corrected chi connectivity index (χ0v) is 13.7. The molecule has 0 saturated heterocycles. The van der Waals surface area contributed by atoms with Crippen molar-refractivity contribution in [3.8, 4) is 5.75 Å². The van der Waals surface area contributed by atoms with Crippen LogP contribution in [0.5, 0.6) is 5.75 Å². The second kappa shape index (κ2) is 8.10. The van der Waals surface area contributed by atoms with E-state index < -0.39 is 18.0 Å². The molecule has 0 saturated carbocycles. The van der Waals surface area contributed by atoms with Gasteiger partial charge < -0.3 is 9.47 Å². The van der Waals surface area contributed by atoms with Crippen molar-refractivity contribution in [2.45, 2.75) is 19.8 Å². The molecule has 0 heterocycles. The number of hydrogen-bond acceptors (Lipinski definition) is 5. The summed E-state index contributed by atoms with van der Waals surface area (Å²) in [5.41, 5.74) is 0. The highest BCUT2D eigenvalue weighted by molar-refractivity contribution is 6.34. The molecule has 0 aliphatic rings. The van der Waals surface area contributed by atoms with Crippen molar-refractivity contribution >= 4 is 28.7 Å². The highest BCUT2D eigenvalue weighted by Gasteiger charge is 2.27. The van der Waals surface area contributed by atoms with Crippen molar-refractivity contribution in [3.63, 3.8) is 0 Å². The lowest BCUT2D eigenvalue weighted by atomic mass is 10.1. The number of benzene rings is 2. The fourth-order valence-corrected chi connectivity index (χ4v) is 2.04. The van der Waals surface area contributed by atoms with Gasteiger partial charge in [0.1, 0.15) is 5.75 Å². The maximum absolute atomic E-state index is 12.1. The van der Waals surface area contributed by atoms with Crippen molar-refractivity contribution in [3.05, 3.63) is 42.5 Å². The Morgan fingerprint density at radius 2 is 1.75 bits per heavy atom. The molecule has 2 aromatic rings. The molecule has 0 aromatic heterocycles. The first-order valence-corrected chi connectivity index (χ1v) is 7.69. The number of fused-ring (bicyclic) bond motifs is 1. The lowest BCUT2D eigenvalue weighted by molar-refractivity contribution is -0.158. The monoisotopic (exact) mass is 329 g/mol. The smallest absolute Gasteiger partial charge is 0.422 e. The molecular weight excluding hydrogens is 310 g/mol. The Bertz CT molecular complexity index is 751. The molecule has 0 bridgehead atoms. The maximum atomic E-state index is 12.1. The first-order valence-electron chi connectivity index (χ1n) is 7.69. The van der Waals surface area contributed by atoms with Crippen molar-refractivity contribution in [2.75, 3.05) is 13.7 Å². The molecule has 2 amide bonds. The Balaban J connectivity index is 2.05. The van der Waals surface area contributed by atoms with E-state index in [1.807, 2.05) is 31.2 Å². The summed E-state index contributed by atoms with van der Waals surface area (Å²) in [6.07, 6.45) is 0.549. The van der Waals surface area contributed by atoms with Crippen LogP contribution < -0.4 is 4.74 Å². The molecule has 0 N–H and O–H groups in total. The van der Waals surface area contributed by atoms with E-state index in [0.29, 0.717) is 17.1 Å². The fraction of sp³-hybridized carbons (Fsp3) is 0.278. The van der Waals surface area contributed by atoms with Gasteiger partial charge >= 0.3 is 18.0 Å². The Morgan fingerprint density at radius 1 is 1.04 bits per heavy atom. The number of esters is 1. The van der Waals surface area contributed by atoms with E-state index in [0.717, 1.165) is 17.2 Å². The lowest BCUT2D eigenvalue weighted by Gasteiger charge is -2.15. The Hall–Kier alpha value is -2.89. The highest BCUT2D eigenvalue weighted by atomic mass is 16.6. The SMILES string of the molecule is CCCCOC(=O)C(=O)N(C)C(=O)Oc1cccc2ccccc12. The molecule has 0 radical (unpaired) electrons. The quantitative estimate of drug-likeness (QED) is 0.489. The third-order valence-corrected chi connectivity index (χ3v) is 3.43. The second-order valence-electron chi connectivity index (χ2n) is 5.20. The van der Waals surface area contributed by atoms with Crippen LogP contribution in [0, 0.1) is 0 Å². The van der Waals surface area contributed by atoms with Gasteiger partial charge in [-0.1, -0.05) is 49.7 Å². The van der Waals surface area contributed by atoms with Gasteiger partial charge in [0.25, 0.3) is 0 Å². The van der Waals surface area contributed by atoms with Crippen molar-refractivity contribution in [2.24, 2.45) is 0 Å². The summed E-state index contributed by atoms with van der Waals surface area (Å²) in [6, 6.07) is 12.6. The summed E-state index contributed by atoms with van der Waals surface area (Å²) >= 11 is 0. The lowest BCUT2D eigenvalue weighted by Crippen LogP contribution is -2.40. The summed E-state index contributed by atoms with van der Waals surface area (Å²) < 4.78 is 10.0. The molecule has 6 nitrogen and oxygen atoms in total. The summed E-state index contributed by atoms with van der Waals surface area (Å²) in [5, 5.41) is 1.63. The largest absolute Gasteiger partial charge is 0.459 e. The minimum absolute atomic E-state index is 0.146. The number of ether oxygens (including phenoxy) is 2. The van der Waals surface area contributed by atoms with Gasteiger partial charge in [-0.05, 0) is 17.9 Å². The van der Waals surface area contributed by atoms with E-state index in [2.05, 4.69) is 0 Å². The van der Waals surface area contributed by atoms with E-state index in [1.165, 1.54) is 7.05 Å². The Labute approximate surface area is 140 Å². The average molecular weight is 329 g/mol. The number of hydrogen-bond donors (Lipinski definition) is 0. The number of likely N-dealkylation sites (N-methyl/N-ethyl adjacent to an activating group) is 1. The predicted molar refractivity (Wildman–Crippen MR) is 88.6 cm³/mol. The minimum atomic E-state index is -1.07. The van der Waals surface area contributed by atoms with Gasteiger partial charge in [-0.2, -0.15) is 0 Å². The van der Waals surface area contributed by atoms with Gasteiger partial charge in [-0.15, -0.1) is 0 Å². The topological polar surface area (TPSA) is 72.9 Å². The molecule has 0 aliphatic heterocycles. The second-order valence-corrected chi connectivity index (χ2v) is 5.20. The van der Waals surface area contributed by atoms with Gasteiger partial charge in [0, 0.05) is 12.4 Å². The predicted octanol–water partition coefficient (Wildman–Crippen LogP) is 3.14. The number of carbonyl (C=O) groups is 3. The molecule has 0 unspecified atom stereocenters. The van der Waals surface area contributed by atoms with E-state index in [-0.39, 0.29) is 6.61 Å². The maximum Gasteiger partial charge on any atom is 0.422 e. The number of imide groups is 1. The molecule has 2 aromatic carbocycles. The van der Waals surface area contributed by atoms with Crippen LogP contribution in [0.15, 0.2) is 42.5 Å². The number of amides is 2. The normalized spacial score (nSPS) is 10.2. The number of carbonyl (C=O) groups excluding carboxylic acids is 3. The third kappa shape index (κ3) is 4.10. The van der Waals surface area contributed by atoms with Crippen molar-refractivity contribution in [1.82, 2.24) is 4.90 Å². The van der Waals surface area contributed by atoms with Crippen LogP contribution in [-0.2, 0) is 14.3 Å². The number of rotatable bonds is 4. The highest BCUT2D eigenvalue weighted by Crippen LogP contribution is 2.25. The van der Waals surface area contributed by atoms with Crippen LogP contribution in [0.3, 0.4) is 0 Å². The molecular formula is C18H19NO5. The molecule has 6 heteroatoms. The summed E-state index contributed by atoms with van der Waals surface area (Å²) in [4.78, 5) is 36.2. The zero-order chi connectivity index (χ0) is 17.5. The molecule has 0 fully saturated rings. The van der Waals surface area contributed by atoms with Gasteiger partial charge in [-0.3, -0.25) is 4.79 Å². The molecule has 0 spiro atoms. The minimum Gasteiger partial charge on any atom is -0.459 e. The molecule has 0 atom stereocenters. The van der Waals surface area contributed by atoms with Crippen LogP contribution in [-0.4, -0.2) is 36.5 Å². The van der Waals surface area contributed by atoms with Gasteiger partial charge in [-0.25, -0.2) is 14.5 Å². The van der Waals surface area contributed by atoms with E-state index in [4.69, 9.17) is 9.47 Å². The fourth-order valence-electron chi connectivity index (χ4n) is 2.04. The van der Waals surface area contributed by atoms with Crippen LogP contribution in [0.2, 0.25) is 0 Å². The first kappa shape index (κ1) is 17.5. The summed E-state index contributed by atoms with van der Waals surface area (Å²) in [6.45, 7) is 2.08. The standard InChI is InChI=1S/C18H19NO5/c1-3-4-12-23-17(21)16(20)19(2)18(22)24-15-11-7-9-13-8-5-6-10-14(13)15/h5-11H,3-4,12H2,1-2H3. The van der Waals surface area contributed by atoms with E-state index in [1.54, 1.807) is 18.2 Å². The van der Waals surface area contributed by atoms with Gasteiger partial charge in [0.2, 0.25) is 0 Å². The van der Waals surface area contributed by atoms with Crippen molar-refractivity contribution < 1.29 is 23.9 Å². The summed E-state index contributed by atoms with van der Waals surface area (Å²) in [5.74, 6) is -1.81. The van der Waals surface area contributed by atoms with Gasteiger partial charge in [0.15, 0.2) is 0 Å². The number of unbranched alkanes of at least 4 members (excludes halogenated alkanes) is 1. The Morgan fingerprint density at radius 3 is 2.50 bits per heavy atom. The van der Waals surface area contributed by atoms with Crippen molar-refractivity contribution in [1.29, 1.82) is 0 Å². The first-order chi connectivity index (χ1) is 11.5. The van der Waals surface area contributed by atoms with Crippen LogP contribution in [0.1, 0.15) is 19.8 Å². The summed E-state index contributed by atoms with van der Waals surface area (Å²) in [7, 11) is 1.18. The van der Waals surface area contributed by atoms with Gasteiger partial charge in [0.05, 0.1) is 6.61 Å². The van der Waals surface area contributed by atoms with E-state index in [9.17, 15) is 14.4 Å². The van der Waals surface area contributed by atoms with Crippen LogP contribution in [0.25, 0.3) is 10.8 Å².